The Balaban J connectivity index is 2.66. The average Bonchev–Trinajstić information content (AvgIpc) is 2.29. The summed E-state index contributed by atoms with van der Waals surface area (Å²) in [7, 11) is 1.59. The Morgan fingerprint density at radius 3 is 2.94 bits per heavy atom. The highest BCUT2D eigenvalue weighted by molar-refractivity contribution is 5.83. The minimum Gasteiger partial charge on any atom is -0.478 e. The van der Waals surface area contributed by atoms with Gasteiger partial charge in [-0.2, -0.15) is 0 Å². The quantitative estimate of drug-likeness (QED) is 0.758. The van der Waals surface area contributed by atoms with E-state index >= 15 is 0 Å². The van der Waals surface area contributed by atoms with Crippen molar-refractivity contribution in [3.8, 4) is 5.88 Å². The topological polar surface area (TPSA) is 76.1 Å². The van der Waals surface area contributed by atoms with Crippen molar-refractivity contribution in [2.75, 3.05) is 19.0 Å². The highest BCUT2D eigenvalue weighted by Gasteiger charge is 2.11. The molecule has 0 spiro atoms. The van der Waals surface area contributed by atoms with Gasteiger partial charge in [0, 0.05) is 13.1 Å². The van der Waals surface area contributed by atoms with Crippen molar-refractivity contribution in [3.63, 3.8) is 0 Å². The van der Waals surface area contributed by atoms with Crippen LogP contribution in [0.2, 0.25) is 0 Å². The third-order valence-corrected chi connectivity index (χ3v) is 1.94. The fourth-order valence-electron chi connectivity index (χ4n) is 1.15. The lowest BCUT2D eigenvalue weighted by atomic mass is 10.3. The molecule has 0 unspecified atom stereocenters. The van der Waals surface area contributed by atoms with E-state index in [1.807, 2.05) is 6.92 Å². The lowest BCUT2D eigenvalue weighted by molar-refractivity contribution is -0.121. The van der Waals surface area contributed by atoms with E-state index in [4.69, 9.17) is 4.74 Å². The molecule has 0 saturated carbocycles. The smallest absolute Gasteiger partial charge is 0.241 e. The first kappa shape index (κ1) is 12.2. The van der Waals surface area contributed by atoms with Crippen LogP contribution in [0.5, 0.6) is 5.88 Å². The molecule has 0 saturated heterocycles. The fourth-order valence-corrected chi connectivity index (χ4v) is 1.15. The number of aromatic nitrogens is 2. The Morgan fingerprint density at radius 1 is 1.56 bits per heavy atom. The number of carbonyl (C=O) groups is 1. The zero-order valence-electron chi connectivity index (χ0n) is 9.65. The number of rotatable bonds is 5. The molecule has 1 aromatic rings. The van der Waals surface area contributed by atoms with Crippen molar-refractivity contribution in [2.24, 2.45) is 0 Å². The summed E-state index contributed by atoms with van der Waals surface area (Å²) >= 11 is 0. The van der Waals surface area contributed by atoms with E-state index < -0.39 is 0 Å². The minimum absolute atomic E-state index is 0.100. The highest BCUT2D eigenvalue weighted by atomic mass is 16.5. The molecular weight excluding hydrogens is 208 g/mol. The number of hydrogen-bond donors (Lipinski definition) is 2. The molecule has 6 nitrogen and oxygen atoms in total. The summed E-state index contributed by atoms with van der Waals surface area (Å²) in [5.74, 6) is 0.954. The van der Waals surface area contributed by atoms with E-state index in [0.29, 0.717) is 18.3 Å². The average molecular weight is 224 g/mol. The Hall–Kier alpha value is -1.85. The monoisotopic (exact) mass is 224 g/mol. The second kappa shape index (κ2) is 5.89. The van der Waals surface area contributed by atoms with Gasteiger partial charge in [0.25, 0.3) is 0 Å². The molecule has 88 valence electrons. The van der Waals surface area contributed by atoms with E-state index in [2.05, 4.69) is 20.6 Å². The number of likely N-dealkylation sites (N-methyl/N-ethyl adjacent to an activating group) is 1. The van der Waals surface area contributed by atoms with Crippen molar-refractivity contribution >= 4 is 11.7 Å². The predicted molar refractivity (Wildman–Crippen MR) is 60.4 cm³/mol. The van der Waals surface area contributed by atoms with E-state index in [1.165, 1.54) is 6.33 Å². The van der Waals surface area contributed by atoms with Crippen molar-refractivity contribution < 1.29 is 9.53 Å². The van der Waals surface area contributed by atoms with Crippen LogP contribution in [0, 0.1) is 0 Å². The summed E-state index contributed by atoms with van der Waals surface area (Å²) in [6, 6.07) is 1.30. The summed E-state index contributed by atoms with van der Waals surface area (Å²) in [5, 5.41) is 5.50. The molecule has 1 aromatic heterocycles. The molecule has 1 amide bonds. The molecule has 1 atom stereocenters. The predicted octanol–water partition coefficient (Wildman–Crippen LogP) is 0.422. The number of hydrogen-bond acceptors (Lipinski definition) is 5. The summed E-state index contributed by atoms with van der Waals surface area (Å²) in [6.07, 6.45) is 1.39. The molecular formula is C10H16N4O2. The van der Waals surface area contributed by atoms with Crippen LogP contribution in [0.4, 0.5) is 5.82 Å². The largest absolute Gasteiger partial charge is 0.478 e. The number of anilines is 1. The Kier molecular flexibility index (Phi) is 4.50. The second-order valence-corrected chi connectivity index (χ2v) is 3.15. The third-order valence-electron chi connectivity index (χ3n) is 1.94. The van der Waals surface area contributed by atoms with Gasteiger partial charge in [0.2, 0.25) is 11.8 Å². The first-order valence-corrected chi connectivity index (χ1v) is 5.10. The summed E-state index contributed by atoms with van der Waals surface area (Å²) in [6.45, 7) is 4.17. The van der Waals surface area contributed by atoms with E-state index in [1.54, 1.807) is 20.0 Å². The zero-order chi connectivity index (χ0) is 12.0. The SMILES string of the molecule is CCOc1cc(N[C@H](C)C(=O)NC)ncn1. The molecule has 0 aliphatic rings. The van der Waals surface area contributed by atoms with Gasteiger partial charge in [-0.05, 0) is 13.8 Å². The summed E-state index contributed by atoms with van der Waals surface area (Å²) in [5.41, 5.74) is 0. The highest BCUT2D eigenvalue weighted by Crippen LogP contribution is 2.11. The second-order valence-electron chi connectivity index (χ2n) is 3.15. The third kappa shape index (κ3) is 3.38. The molecule has 2 N–H and O–H groups in total. The number of ether oxygens (including phenoxy) is 1. The van der Waals surface area contributed by atoms with Gasteiger partial charge in [-0.15, -0.1) is 0 Å². The first-order chi connectivity index (χ1) is 7.67. The lowest BCUT2D eigenvalue weighted by Crippen LogP contribution is -2.35. The van der Waals surface area contributed by atoms with Crippen LogP contribution in [0.25, 0.3) is 0 Å². The van der Waals surface area contributed by atoms with Gasteiger partial charge in [-0.25, -0.2) is 9.97 Å². The summed E-state index contributed by atoms with van der Waals surface area (Å²) in [4.78, 5) is 19.2. The van der Waals surface area contributed by atoms with Gasteiger partial charge in [0.1, 0.15) is 18.2 Å². The van der Waals surface area contributed by atoms with Crippen LogP contribution >= 0.6 is 0 Å². The molecule has 0 aliphatic carbocycles. The lowest BCUT2D eigenvalue weighted by Gasteiger charge is -2.12. The zero-order valence-corrected chi connectivity index (χ0v) is 9.65. The number of carbonyl (C=O) groups excluding carboxylic acids is 1. The van der Waals surface area contributed by atoms with E-state index in [-0.39, 0.29) is 11.9 Å². The Labute approximate surface area is 94.4 Å². The van der Waals surface area contributed by atoms with Crippen LogP contribution in [0.1, 0.15) is 13.8 Å². The molecule has 0 fully saturated rings. The Morgan fingerprint density at radius 2 is 2.31 bits per heavy atom. The van der Waals surface area contributed by atoms with Crippen LogP contribution < -0.4 is 15.4 Å². The summed E-state index contributed by atoms with van der Waals surface area (Å²) < 4.78 is 5.22. The maximum absolute atomic E-state index is 11.3. The van der Waals surface area contributed by atoms with Crippen LogP contribution in [-0.2, 0) is 4.79 Å². The maximum atomic E-state index is 11.3. The molecule has 16 heavy (non-hydrogen) atoms. The van der Waals surface area contributed by atoms with E-state index in [0.717, 1.165) is 0 Å². The normalized spacial score (nSPS) is 11.7. The first-order valence-electron chi connectivity index (χ1n) is 5.10. The minimum atomic E-state index is -0.352. The standard InChI is InChI=1S/C10H16N4O2/c1-4-16-9-5-8(12-6-13-9)14-7(2)10(15)11-3/h5-7H,4H2,1-3H3,(H,11,15)(H,12,13,14)/t7-/m1/s1. The van der Waals surface area contributed by atoms with Crippen LogP contribution in [0.15, 0.2) is 12.4 Å². The van der Waals surface area contributed by atoms with Crippen molar-refractivity contribution in [1.82, 2.24) is 15.3 Å². The van der Waals surface area contributed by atoms with Gasteiger partial charge in [-0.3, -0.25) is 4.79 Å². The van der Waals surface area contributed by atoms with Crippen LogP contribution in [-0.4, -0.2) is 35.6 Å². The van der Waals surface area contributed by atoms with Crippen molar-refractivity contribution in [1.29, 1.82) is 0 Å². The van der Waals surface area contributed by atoms with Crippen LogP contribution in [0.3, 0.4) is 0 Å². The number of amides is 1. The number of nitrogens with one attached hydrogen (secondary N) is 2. The maximum Gasteiger partial charge on any atom is 0.241 e. The molecule has 0 aromatic carbocycles. The molecule has 1 heterocycles. The van der Waals surface area contributed by atoms with Gasteiger partial charge in [0.05, 0.1) is 6.61 Å². The number of nitrogens with zero attached hydrogens (tertiary/aromatic N) is 2. The molecule has 0 aliphatic heterocycles. The van der Waals surface area contributed by atoms with Crippen molar-refractivity contribution in [2.45, 2.75) is 19.9 Å². The van der Waals surface area contributed by atoms with Gasteiger partial charge in [0.15, 0.2) is 0 Å². The van der Waals surface area contributed by atoms with Gasteiger partial charge >= 0.3 is 0 Å². The molecule has 6 heteroatoms. The van der Waals surface area contributed by atoms with Gasteiger partial charge in [-0.1, -0.05) is 0 Å². The molecule has 0 radical (unpaired) electrons. The Bertz CT molecular complexity index is 356. The fraction of sp³-hybridized carbons (Fsp3) is 0.500. The van der Waals surface area contributed by atoms with Crippen molar-refractivity contribution in [3.05, 3.63) is 12.4 Å². The molecule has 0 bridgehead atoms. The van der Waals surface area contributed by atoms with Gasteiger partial charge < -0.3 is 15.4 Å². The molecule has 1 rings (SSSR count). The van der Waals surface area contributed by atoms with E-state index in [9.17, 15) is 4.79 Å².